The molecule has 0 aliphatic carbocycles. The molecule has 0 saturated heterocycles. The summed E-state index contributed by atoms with van der Waals surface area (Å²) in [6, 6.07) is 5.38. The molecule has 1 aromatic heterocycles. The maximum absolute atomic E-state index is 11.4. The monoisotopic (exact) mass is 274 g/mol. The van der Waals surface area contributed by atoms with Gasteiger partial charge in [-0.1, -0.05) is 5.21 Å². The van der Waals surface area contributed by atoms with E-state index >= 15 is 0 Å². The summed E-state index contributed by atoms with van der Waals surface area (Å²) in [7, 11) is 1.60. The third kappa shape index (κ3) is 3.21. The standard InChI is InChI=1S/C14H18N4O2/c1-10(19)11-3-4-14(20-2)12(7-11)8-18-9-13(5-6-15)16-17-18/h3-4,7,9H,5-6,8,15H2,1-2H3. The lowest BCUT2D eigenvalue weighted by molar-refractivity contribution is 0.101. The fourth-order valence-electron chi connectivity index (χ4n) is 1.97. The summed E-state index contributed by atoms with van der Waals surface area (Å²) in [5, 5.41) is 8.09. The zero-order chi connectivity index (χ0) is 14.5. The predicted octanol–water partition coefficient (Wildman–Crippen LogP) is 1.04. The highest BCUT2D eigenvalue weighted by molar-refractivity contribution is 5.94. The van der Waals surface area contributed by atoms with E-state index < -0.39 is 0 Å². The molecule has 0 unspecified atom stereocenters. The van der Waals surface area contributed by atoms with Gasteiger partial charge in [0.15, 0.2) is 5.78 Å². The van der Waals surface area contributed by atoms with Crippen molar-refractivity contribution in [3.63, 3.8) is 0 Å². The van der Waals surface area contributed by atoms with E-state index in [4.69, 9.17) is 10.5 Å². The molecule has 0 fully saturated rings. The van der Waals surface area contributed by atoms with Gasteiger partial charge in [0.05, 0.1) is 19.3 Å². The predicted molar refractivity (Wildman–Crippen MR) is 74.9 cm³/mol. The first-order valence-corrected chi connectivity index (χ1v) is 6.41. The van der Waals surface area contributed by atoms with Crippen molar-refractivity contribution < 1.29 is 9.53 Å². The maximum Gasteiger partial charge on any atom is 0.159 e. The Morgan fingerprint density at radius 2 is 2.25 bits per heavy atom. The van der Waals surface area contributed by atoms with E-state index in [1.54, 1.807) is 30.8 Å². The van der Waals surface area contributed by atoms with Crippen LogP contribution in [0.5, 0.6) is 5.75 Å². The number of benzene rings is 1. The molecule has 0 saturated carbocycles. The van der Waals surface area contributed by atoms with Crippen LogP contribution in [0.3, 0.4) is 0 Å². The number of ketones is 1. The Hall–Kier alpha value is -2.21. The molecule has 6 heteroatoms. The van der Waals surface area contributed by atoms with Gasteiger partial charge in [-0.15, -0.1) is 5.10 Å². The third-order valence-electron chi connectivity index (χ3n) is 3.01. The molecule has 1 heterocycles. The van der Waals surface area contributed by atoms with Crippen LogP contribution in [0.15, 0.2) is 24.4 Å². The summed E-state index contributed by atoms with van der Waals surface area (Å²) >= 11 is 0. The Balaban J connectivity index is 2.25. The van der Waals surface area contributed by atoms with E-state index in [0.717, 1.165) is 17.0 Å². The Labute approximate surface area is 117 Å². The summed E-state index contributed by atoms with van der Waals surface area (Å²) in [6.07, 6.45) is 2.55. The van der Waals surface area contributed by atoms with Crippen molar-refractivity contribution in [2.45, 2.75) is 19.9 Å². The lowest BCUT2D eigenvalue weighted by atomic mass is 10.1. The van der Waals surface area contributed by atoms with Gasteiger partial charge in [0, 0.05) is 23.7 Å². The fraction of sp³-hybridized carbons (Fsp3) is 0.357. The number of carbonyl (C=O) groups is 1. The molecular formula is C14H18N4O2. The topological polar surface area (TPSA) is 83.0 Å². The maximum atomic E-state index is 11.4. The van der Waals surface area contributed by atoms with Crippen molar-refractivity contribution in [1.82, 2.24) is 15.0 Å². The minimum absolute atomic E-state index is 0.0244. The molecule has 2 aromatic rings. The van der Waals surface area contributed by atoms with Crippen LogP contribution in [0.4, 0.5) is 0 Å². The van der Waals surface area contributed by atoms with Crippen molar-refractivity contribution in [2.24, 2.45) is 5.73 Å². The van der Waals surface area contributed by atoms with Gasteiger partial charge in [-0.25, -0.2) is 4.68 Å². The van der Waals surface area contributed by atoms with E-state index in [0.29, 0.717) is 25.1 Å². The van der Waals surface area contributed by atoms with E-state index in [-0.39, 0.29) is 5.78 Å². The van der Waals surface area contributed by atoms with E-state index in [9.17, 15) is 4.79 Å². The van der Waals surface area contributed by atoms with Gasteiger partial charge in [-0.2, -0.15) is 0 Å². The van der Waals surface area contributed by atoms with Crippen LogP contribution in [0.25, 0.3) is 0 Å². The number of hydrogen-bond donors (Lipinski definition) is 1. The largest absolute Gasteiger partial charge is 0.496 e. The van der Waals surface area contributed by atoms with Gasteiger partial charge >= 0.3 is 0 Å². The zero-order valence-electron chi connectivity index (χ0n) is 11.7. The van der Waals surface area contributed by atoms with Gasteiger partial charge in [0.25, 0.3) is 0 Å². The molecular weight excluding hydrogens is 256 g/mol. The highest BCUT2D eigenvalue weighted by Gasteiger charge is 2.09. The molecule has 106 valence electrons. The third-order valence-corrected chi connectivity index (χ3v) is 3.01. The molecule has 0 bridgehead atoms. The quantitative estimate of drug-likeness (QED) is 0.796. The molecule has 2 N–H and O–H groups in total. The minimum atomic E-state index is 0.0244. The molecule has 1 aromatic carbocycles. The number of hydrogen-bond acceptors (Lipinski definition) is 5. The lowest BCUT2D eigenvalue weighted by Crippen LogP contribution is -2.05. The molecule has 2 rings (SSSR count). The number of carbonyl (C=O) groups excluding carboxylic acids is 1. The number of nitrogens with two attached hydrogens (primary N) is 1. The highest BCUT2D eigenvalue weighted by atomic mass is 16.5. The summed E-state index contributed by atoms with van der Waals surface area (Å²) in [6.45, 7) is 2.59. The van der Waals surface area contributed by atoms with Crippen molar-refractivity contribution in [1.29, 1.82) is 0 Å². The Bertz CT molecular complexity index is 607. The first-order chi connectivity index (χ1) is 9.63. The molecule has 0 aliphatic heterocycles. The number of rotatable bonds is 6. The van der Waals surface area contributed by atoms with Gasteiger partial charge < -0.3 is 10.5 Å². The average molecular weight is 274 g/mol. The summed E-state index contributed by atoms with van der Waals surface area (Å²) in [5.41, 5.74) is 7.89. The number of ether oxygens (including phenoxy) is 1. The molecule has 0 spiro atoms. The molecule has 0 amide bonds. The van der Waals surface area contributed by atoms with Crippen LogP contribution in [0.2, 0.25) is 0 Å². The van der Waals surface area contributed by atoms with Crippen LogP contribution in [-0.2, 0) is 13.0 Å². The lowest BCUT2D eigenvalue weighted by Gasteiger charge is -2.09. The first kappa shape index (κ1) is 14.2. The first-order valence-electron chi connectivity index (χ1n) is 6.41. The second kappa shape index (κ2) is 6.29. The van der Waals surface area contributed by atoms with E-state index in [1.165, 1.54) is 0 Å². The summed E-state index contributed by atoms with van der Waals surface area (Å²) < 4.78 is 7.03. The number of aromatic nitrogens is 3. The van der Waals surface area contributed by atoms with Crippen molar-refractivity contribution in [3.8, 4) is 5.75 Å². The summed E-state index contributed by atoms with van der Waals surface area (Å²) in [4.78, 5) is 11.4. The average Bonchev–Trinajstić information content (AvgIpc) is 2.86. The van der Waals surface area contributed by atoms with Crippen LogP contribution in [0, 0.1) is 0 Å². The minimum Gasteiger partial charge on any atom is -0.496 e. The van der Waals surface area contributed by atoms with Crippen LogP contribution in [0.1, 0.15) is 28.5 Å². The van der Waals surface area contributed by atoms with Crippen LogP contribution >= 0.6 is 0 Å². The van der Waals surface area contributed by atoms with E-state index in [2.05, 4.69) is 10.3 Å². The Morgan fingerprint density at radius 3 is 2.90 bits per heavy atom. The SMILES string of the molecule is COc1ccc(C(C)=O)cc1Cn1cc(CCN)nn1. The van der Waals surface area contributed by atoms with Gasteiger partial charge in [0.2, 0.25) is 0 Å². The number of Topliss-reactive ketones (excluding diaryl/α,β-unsaturated/α-hetero) is 1. The molecule has 0 aliphatic rings. The fourth-order valence-corrected chi connectivity index (χ4v) is 1.97. The molecule has 6 nitrogen and oxygen atoms in total. The van der Waals surface area contributed by atoms with Crippen molar-refractivity contribution in [2.75, 3.05) is 13.7 Å². The normalized spacial score (nSPS) is 10.6. The van der Waals surface area contributed by atoms with Gasteiger partial charge in [-0.3, -0.25) is 4.79 Å². The van der Waals surface area contributed by atoms with E-state index in [1.807, 2.05) is 12.3 Å². The molecule has 0 radical (unpaired) electrons. The number of nitrogens with zero attached hydrogens (tertiary/aromatic N) is 3. The Morgan fingerprint density at radius 1 is 1.45 bits per heavy atom. The molecule has 0 atom stereocenters. The number of methoxy groups -OCH3 is 1. The Kier molecular flexibility index (Phi) is 4.47. The second-order valence-corrected chi connectivity index (χ2v) is 4.53. The van der Waals surface area contributed by atoms with Crippen LogP contribution in [-0.4, -0.2) is 34.4 Å². The molecule has 20 heavy (non-hydrogen) atoms. The van der Waals surface area contributed by atoms with Crippen molar-refractivity contribution in [3.05, 3.63) is 41.2 Å². The second-order valence-electron chi connectivity index (χ2n) is 4.53. The zero-order valence-corrected chi connectivity index (χ0v) is 11.7. The smallest absolute Gasteiger partial charge is 0.159 e. The van der Waals surface area contributed by atoms with Crippen molar-refractivity contribution >= 4 is 5.78 Å². The van der Waals surface area contributed by atoms with Gasteiger partial charge in [0.1, 0.15) is 5.75 Å². The summed E-state index contributed by atoms with van der Waals surface area (Å²) in [5.74, 6) is 0.752. The van der Waals surface area contributed by atoms with Gasteiger partial charge in [-0.05, 0) is 31.7 Å². The van der Waals surface area contributed by atoms with Crippen LogP contribution < -0.4 is 10.5 Å². The highest BCUT2D eigenvalue weighted by Crippen LogP contribution is 2.21.